The van der Waals surface area contributed by atoms with Gasteiger partial charge >= 0.3 is 0 Å². The van der Waals surface area contributed by atoms with Crippen LogP contribution in [0.1, 0.15) is 24.6 Å². The zero-order chi connectivity index (χ0) is 14.9. The molecule has 0 spiro atoms. The van der Waals surface area contributed by atoms with Crippen LogP contribution in [0.3, 0.4) is 0 Å². The van der Waals surface area contributed by atoms with E-state index in [1.165, 1.54) is 0 Å². The molecule has 0 bridgehead atoms. The van der Waals surface area contributed by atoms with E-state index in [0.717, 1.165) is 39.2 Å². The SMILES string of the molecule is CN=C(NCCCOC1CCOC1)NCc1nc(C)no1. The Morgan fingerprint density at radius 3 is 3.05 bits per heavy atom. The fourth-order valence-electron chi connectivity index (χ4n) is 1.97. The van der Waals surface area contributed by atoms with Gasteiger partial charge in [0.05, 0.1) is 19.3 Å². The molecule has 1 unspecified atom stereocenters. The predicted octanol–water partition coefficient (Wildman–Crippen LogP) is 0.239. The number of guanidine groups is 1. The van der Waals surface area contributed by atoms with Crippen LogP contribution in [0, 0.1) is 6.92 Å². The molecule has 1 aromatic heterocycles. The van der Waals surface area contributed by atoms with E-state index in [1.54, 1.807) is 14.0 Å². The molecule has 1 aliphatic heterocycles. The van der Waals surface area contributed by atoms with Gasteiger partial charge in [-0.3, -0.25) is 4.99 Å². The molecule has 0 amide bonds. The van der Waals surface area contributed by atoms with Crippen LogP contribution in [-0.2, 0) is 16.0 Å². The second-order valence-electron chi connectivity index (χ2n) is 4.80. The quantitative estimate of drug-likeness (QED) is 0.423. The van der Waals surface area contributed by atoms with Crippen molar-refractivity contribution in [2.45, 2.75) is 32.4 Å². The topological polar surface area (TPSA) is 93.8 Å². The number of aromatic nitrogens is 2. The highest BCUT2D eigenvalue weighted by Gasteiger charge is 2.15. The zero-order valence-electron chi connectivity index (χ0n) is 12.6. The fraction of sp³-hybridized carbons (Fsp3) is 0.769. The van der Waals surface area contributed by atoms with Crippen LogP contribution in [0.15, 0.2) is 9.52 Å². The van der Waals surface area contributed by atoms with Crippen LogP contribution >= 0.6 is 0 Å². The highest BCUT2D eigenvalue weighted by molar-refractivity contribution is 5.79. The Hall–Kier alpha value is -1.67. The van der Waals surface area contributed by atoms with Gasteiger partial charge in [0, 0.05) is 26.8 Å². The van der Waals surface area contributed by atoms with Crippen LogP contribution in [0.5, 0.6) is 0 Å². The minimum Gasteiger partial charge on any atom is -0.379 e. The van der Waals surface area contributed by atoms with Gasteiger partial charge in [0.15, 0.2) is 11.8 Å². The zero-order valence-corrected chi connectivity index (χ0v) is 12.6. The standard InChI is InChI=1S/C13H23N5O3/c1-10-17-12(21-18-10)8-16-13(14-2)15-5-3-6-20-11-4-7-19-9-11/h11H,3-9H2,1-2H3,(H2,14,15,16). The van der Waals surface area contributed by atoms with Gasteiger partial charge in [0.2, 0.25) is 5.89 Å². The molecule has 8 nitrogen and oxygen atoms in total. The van der Waals surface area contributed by atoms with Crippen LogP contribution in [0.2, 0.25) is 0 Å². The lowest BCUT2D eigenvalue weighted by Crippen LogP contribution is -2.37. The molecule has 1 saturated heterocycles. The number of nitrogens with one attached hydrogen (secondary N) is 2. The summed E-state index contributed by atoms with van der Waals surface area (Å²) < 4.78 is 16.0. The van der Waals surface area contributed by atoms with Crippen molar-refractivity contribution in [3.05, 3.63) is 11.7 Å². The Labute approximate surface area is 124 Å². The van der Waals surface area contributed by atoms with E-state index in [1.807, 2.05) is 0 Å². The van der Waals surface area contributed by atoms with Crippen molar-refractivity contribution in [3.8, 4) is 0 Å². The van der Waals surface area contributed by atoms with E-state index < -0.39 is 0 Å². The molecule has 1 atom stereocenters. The molecule has 0 radical (unpaired) electrons. The van der Waals surface area contributed by atoms with Gasteiger partial charge in [0.1, 0.15) is 0 Å². The molecule has 1 aromatic rings. The maximum atomic E-state index is 5.69. The molecule has 2 rings (SSSR count). The average Bonchev–Trinajstić information content (AvgIpc) is 3.13. The Morgan fingerprint density at radius 1 is 1.48 bits per heavy atom. The predicted molar refractivity (Wildman–Crippen MR) is 77.0 cm³/mol. The minimum absolute atomic E-state index is 0.267. The third-order valence-electron chi connectivity index (χ3n) is 3.06. The molecule has 0 aromatic carbocycles. The first-order valence-electron chi connectivity index (χ1n) is 7.21. The van der Waals surface area contributed by atoms with Crippen molar-refractivity contribution >= 4 is 5.96 Å². The highest BCUT2D eigenvalue weighted by Crippen LogP contribution is 2.07. The maximum Gasteiger partial charge on any atom is 0.246 e. The second kappa shape index (κ2) is 8.58. The number of rotatable bonds is 7. The number of aryl methyl sites for hydroxylation is 1. The summed E-state index contributed by atoms with van der Waals surface area (Å²) in [5.41, 5.74) is 0. The molecule has 0 saturated carbocycles. The van der Waals surface area contributed by atoms with E-state index in [0.29, 0.717) is 24.2 Å². The summed E-state index contributed by atoms with van der Waals surface area (Å²) in [7, 11) is 1.72. The van der Waals surface area contributed by atoms with Crippen LogP contribution < -0.4 is 10.6 Å². The summed E-state index contributed by atoms with van der Waals surface area (Å²) in [6.45, 7) is 5.29. The van der Waals surface area contributed by atoms with E-state index >= 15 is 0 Å². The smallest absolute Gasteiger partial charge is 0.246 e. The highest BCUT2D eigenvalue weighted by atomic mass is 16.5. The average molecular weight is 297 g/mol. The Balaban J connectivity index is 1.55. The third-order valence-corrected chi connectivity index (χ3v) is 3.06. The molecular formula is C13H23N5O3. The van der Waals surface area contributed by atoms with Crippen molar-refractivity contribution < 1.29 is 14.0 Å². The number of hydrogen-bond acceptors (Lipinski definition) is 6. The number of ether oxygens (including phenoxy) is 2. The first-order chi connectivity index (χ1) is 10.3. The molecular weight excluding hydrogens is 274 g/mol. The summed E-state index contributed by atoms with van der Waals surface area (Å²) in [4.78, 5) is 8.24. The first-order valence-corrected chi connectivity index (χ1v) is 7.21. The minimum atomic E-state index is 0.267. The molecule has 2 heterocycles. The van der Waals surface area contributed by atoms with E-state index in [-0.39, 0.29) is 6.10 Å². The largest absolute Gasteiger partial charge is 0.379 e. The summed E-state index contributed by atoms with van der Waals surface area (Å²) in [6, 6.07) is 0. The van der Waals surface area contributed by atoms with Gasteiger partial charge in [0.25, 0.3) is 0 Å². The second-order valence-corrected chi connectivity index (χ2v) is 4.80. The number of nitrogens with zero attached hydrogens (tertiary/aromatic N) is 3. The van der Waals surface area contributed by atoms with E-state index in [9.17, 15) is 0 Å². The number of aliphatic imine (C=N–C) groups is 1. The van der Waals surface area contributed by atoms with Crippen molar-refractivity contribution in [2.24, 2.45) is 4.99 Å². The van der Waals surface area contributed by atoms with Gasteiger partial charge in [-0.05, 0) is 19.8 Å². The Bertz CT molecular complexity index is 443. The number of hydrogen-bond donors (Lipinski definition) is 2. The summed E-state index contributed by atoms with van der Waals surface area (Å²) in [6.07, 6.45) is 2.18. The third kappa shape index (κ3) is 5.68. The maximum absolute atomic E-state index is 5.69. The monoisotopic (exact) mass is 297 g/mol. The van der Waals surface area contributed by atoms with Gasteiger partial charge in [-0.15, -0.1) is 0 Å². The molecule has 0 aliphatic carbocycles. The molecule has 2 N–H and O–H groups in total. The van der Waals surface area contributed by atoms with Crippen LogP contribution in [0.25, 0.3) is 0 Å². The molecule has 21 heavy (non-hydrogen) atoms. The summed E-state index contributed by atoms with van der Waals surface area (Å²) >= 11 is 0. The fourth-order valence-corrected chi connectivity index (χ4v) is 1.97. The molecule has 1 aliphatic rings. The van der Waals surface area contributed by atoms with Crippen molar-refractivity contribution in [2.75, 3.05) is 33.4 Å². The Kier molecular flexibility index (Phi) is 6.42. The lowest BCUT2D eigenvalue weighted by Gasteiger charge is -2.12. The van der Waals surface area contributed by atoms with Crippen LogP contribution in [-0.4, -0.2) is 55.6 Å². The van der Waals surface area contributed by atoms with Gasteiger partial charge in [-0.25, -0.2) is 0 Å². The van der Waals surface area contributed by atoms with E-state index in [4.69, 9.17) is 14.0 Å². The van der Waals surface area contributed by atoms with E-state index in [2.05, 4.69) is 25.8 Å². The van der Waals surface area contributed by atoms with Gasteiger partial charge in [-0.2, -0.15) is 4.98 Å². The Morgan fingerprint density at radius 2 is 2.38 bits per heavy atom. The van der Waals surface area contributed by atoms with Crippen molar-refractivity contribution in [3.63, 3.8) is 0 Å². The van der Waals surface area contributed by atoms with Gasteiger partial charge in [-0.1, -0.05) is 5.16 Å². The molecule has 8 heteroatoms. The van der Waals surface area contributed by atoms with Crippen LogP contribution in [0.4, 0.5) is 0 Å². The lowest BCUT2D eigenvalue weighted by atomic mass is 10.3. The molecule has 118 valence electrons. The summed E-state index contributed by atoms with van der Waals surface area (Å²) in [5.74, 6) is 1.87. The van der Waals surface area contributed by atoms with Crippen molar-refractivity contribution in [1.82, 2.24) is 20.8 Å². The lowest BCUT2D eigenvalue weighted by molar-refractivity contribution is 0.0420. The molecule has 1 fully saturated rings. The van der Waals surface area contributed by atoms with Crippen molar-refractivity contribution in [1.29, 1.82) is 0 Å². The normalized spacial score (nSPS) is 19.0. The summed E-state index contributed by atoms with van der Waals surface area (Å²) in [5, 5.41) is 10.1. The first kappa shape index (κ1) is 15.7. The van der Waals surface area contributed by atoms with Gasteiger partial charge < -0.3 is 24.6 Å².